The second-order valence-electron chi connectivity index (χ2n) is 23.2. The lowest BCUT2D eigenvalue weighted by Gasteiger charge is -2.71. The highest BCUT2D eigenvalue weighted by Crippen LogP contribution is 2.76. The van der Waals surface area contributed by atoms with E-state index in [-0.39, 0.29) is 39.4 Å². The van der Waals surface area contributed by atoms with Gasteiger partial charge in [0.1, 0.15) is 54.4 Å². The van der Waals surface area contributed by atoms with E-state index in [2.05, 4.69) is 54.5 Å². The van der Waals surface area contributed by atoms with Gasteiger partial charge in [0, 0.05) is 0 Å². The summed E-state index contributed by atoms with van der Waals surface area (Å²) in [6.45, 7) is 13.9. The third-order valence-electron chi connectivity index (χ3n) is 19.0. The predicted octanol–water partition coefficient (Wildman–Crippen LogP) is 0.874. The maximum atomic E-state index is 14.6. The van der Waals surface area contributed by atoms with E-state index in [1.807, 2.05) is 0 Å². The summed E-state index contributed by atoms with van der Waals surface area (Å²) in [7, 11) is 0. The summed E-state index contributed by atoms with van der Waals surface area (Å²) in [4.78, 5) is 27.2. The van der Waals surface area contributed by atoms with Gasteiger partial charge in [0.25, 0.3) is 0 Å². The van der Waals surface area contributed by atoms with E-state index in [9.17, 15) is 60.7 Å². The van der Waals surface area contributed by atoms with Crippen molar-refractivity contribution in [2.75, 3.05) is 19.8 Å². The second kappa shape index (κ2) is 16.9. The van der Waals surface area contributed by atoms with E-state index in [1.165, 1.54) is 5.57 Å². The highest BCUT2D eigenvalue weighted by molar-refractivity contribution is 5.79. The number of rotatable bonds is 9. The molecule has 8 rings (SSSR count). The van der Waals surface area contributed by atoms with Crippen molar-refractivity contribution in [2.45, 2.75) is 198 Å². The maximum absolute atomic E-state index is 14.6. The van der Waals surface area contributed by atoms with E-state index in [0.717, 1.165) is 44.9 Å². The van der Waals surface area contributed by atoms with Crippen molar-refractivity contribution in [3.05, 3.63) is 11.6 Å². The number of allylic oxidation sites excluding steroid dienone is 2. The molecule has 3 aliphatic heterocycles. The van der Waals surface area contributed by atoms with Crippen LogP contribution in [0.15, 0.2) is 11.6 Å². The van der Waals surface area contributed by atoms with E-state index in [0.29, 0.717) is 19.3 Å². The van der Waals surface area contributed by atoms with Crippen LogP contribution in [0, 0.1) is 50.2 Å². The van der Waals surface area contributed by atoms with Crippen molar-refractivity contribution in [2.24, 2.45) is 50.2 Å². The van der Waals surface area contributed by atoms with Crippen LogP contribution in [0.4, 0.5) is 0 Å². The Morgan fingerprint density at radius 3 is 2.08 bits per heavy atom. The predicted molar refractivity (Wildman–Crippen MR) is 225 cm³/mol. The molecule has 0 amide bonds. The van der Waals surface area contributed by atoms with Gasteiger partial charge in [0.15, 0.2) is 18.7 Å². The number of hydrogen-bond donors (Lipinski definition) is 10. The molecule has 8 aliphatic rings. The molecule has 0 aromatic heterocycles. The number of aliphatic carboxylic acids is 1. The average molecular weight is 927 g/mol. The van der Waals surface area contributed by atoms with Gasteiger partial charge in [-0.05, 0) is 109 Å². The molecule has 65 heavy (non-hydrogen) atoms. The van der Waals surface area contributed by atoms with Gasteiger partial charge in [0.05, 0.1) is 31.3 Å². The van der Waals surface area contributed by atoms with Crippen LogP contribution in [0.3, 0.4) is 0 Å². The maximum Gasteiger partial charge on any atom is 0.335 e. The Kier molecular flexibility index (Phi) is 12.9. The molecule has 4 saturated carbocycles. The van der Waals surface area contributed by atoms with E-state index in [4.69, 9.17) is 28.4 Å². The Balaban J connectivity index is 1.01. The number of carboxylic acid groups (broad SMARTS) is 1. The molecule has 10 N–H and O–H groups in total. The monoisotopic (exact) mass is 926 g/mol. The molecule has 3 saturated heterocycles. The molecule has 0 bridgehead atoms. The van der Waals surface area contributed by atoms with Crippen molar-refractivity contribution in [3.8, 4) is 0 Å². The first-order chi connectivity index (χ1) is 30.2. The third kappa shape index (κ3) is 7.58. The van der Waals surface area contributed by atoms with Gasteiger partial charge in [0.2, 0.25) is 6.29 Å². The number of aliphatic hydroxyl groups excluding tert-OH is 8. The van der Waals surface area contributed by atoms with Crippen molar-refractivity contribution >= 4 is 11.9 Å². The lowest BCUT2D eigenvalue weighted by Crippen LogP contribution is -2.66. The Morgan fingerprint density at radius 1 is 0.754 bits per heavy atom. The number of carboxylic acids is 1. The first-order valence-corrected chi connectivity index (χ1v) is 23.7. The minimum absolute atomic E-state index is 0.0647. The van der Waals surface area contributed by atoms with E-state index >= 15 is 0 Å². The molecule has 21 atom stereocenters. The van der Waals surface area contributed by atoms with Crippen LogP contribution in [0.25, 0.3) is 0 Å². The Morgan fingerprint density at radius 2 is 1.43 bits per heavy atom. The molecule has 0 radical (unpaired) electrons. The first-order valence-electron chi connectivity index (χ1n) is 23.7. The molecular weight excluding hydrogens is 852 g/mol. The first kappa shape index (κ1) is 49.5. The molecule has 370 valence electrons. The Bertz CT molecular complexity index is 1840. The number of aliphatic hydroxyl groups is 9. The van der Waals surface area contributed by atoms with Crippen LogP contribution in [0.5, 0.6) is 0 Å². The van der Waals surface area contributed by atoms with Crippen LogP contribution < -0.4 is 0 Å². The van der Waals surface area contributed by atoms with Crippen LogP contribution in [0.2, 0.25) is 0 Å². The number of hydrogen-bond acceptors (Lipinski definition) is 17. The zero-order chi connectivity index (χ0) is 47.6. The smallest absolute Gasteiger partial charge is 0.335 e. The Labute approximate surface area is 380 Å². The SMILES string of the molecule is CC1(C)CC[C@@]2(C(=O)O[C@H]3O[C@@H](CO)[C@H](O)[C@@H](O)[C@@H]3O)CC[C@]3(C)C(=CC[C@@H]4[C@@]5(C)CC[C@@H](O[C@H]6O[C@@H](C(=O)O)[C@H](O[C@H]7OC[C@@](O)(CO)[C@@H]7O)[C@@H](O)[C@@H]6O)C(C)(C)[C@@H]5CC[C@@]43C)[C@H]2C1. The van der Waals surface area contributed by atoms with Gasteiger partial charge >= 0.3 is 11.9 Å². The fourth-order valence-electron chi connectivity index (χ4n) is 14.7. The zero-order valence-corrected chi connectivity index (χ0v) is 38.7. The molecule has 18 nitrogen and oxygen atoms in total. The number of fused-ring (bicyclic) bond motifs is 7. The molecule has 7 fully saturated rings. The van der Waals surface area contributed by atoms with Crippen molar-refractivity contribution < 1.29 is 89.1 Å². The average Bonchev–Trinajstić information content (AvgIpc) is 3.53. The van der Waals surface area contributed by atoms with Gasteiger partial charge in [-0.3, -0.25) is 4.79 Å². The molecule has 5 aliphatic carbocycles. The molecule has 0 aromatic rings. The van der Waals surface area contributed by atoms with Crippen LogP contribution in [-0.4, -0.2) is 168 Å². The van der Waals surface area contributed by atoms with Crippen LogP contribution in [-0.2, 0) is 38.0 Å². The fraction of sp³-hybridized carbons (Fsp3) is 0.915. The van der Waals surface area contributed by atoms with Crippen molar-refractivity contribution in [1.82, 2.24) is 0 Å². The van der Waals surface area contributed by atoms with Gasteiger partial charge in [-0.2, -0.15) is 0 Å². The number of carbonyl (C=O) groups is 2. The summed E-state index contributed by atoms with van der Waals surface area (Å²) in [6, 6.07) is 0. The zero-order valence-electron chi connectivity index (χ0n) is 38.7. The van der Waals surface area contributed by atoms with Gasteiger partial charge in [-0.15, -0.1) is 0 Å². The standard InChI is InChI=1S/C47H74O18/c1-41(2)14-16-46(40(58)65-37-31(53)29(51)28(50)24(19-48)61-37)17-15-44(6)22(23(46)18-41)8-9-26-43(5)12-11-27(42(3,4)25(43)10-13-45(26,44)7)62-38-32(54)30(52)33(34(64-38)36(56)57)63-39-35(55)47(59,20-49)21-60-39/h8,23-35,37-39,48-55,59H,9-21H2,1-7H3,(H,56,57)/t23-,24+,25+,26-,27-,28+,29-,30+,31+,32+,33-,34-,35-,37-,38+,39-,43+,44-,45+,46-,47+/m1/s1. The second-order valence-corrected chi connectivity index (χ2v) is 23.2. The summed E-state index contributed by atoms with van der Waals surface area (Å²) in [5.74, 6) is -1.77. The molecular formula is C47H74O18. The number of carbonyl (C=O) groups excluding carboxylic acids is 1. The summed E-state index contributed by atoms with van der Waals surface area (Å²) >= 11 is 0. The largest absolute Gasteiger partial charge is 0.479 e. The third-order valence-corrected chi connectivity index (χ3v) is 19.0. The molecule has 3 heterocycles. The highest BCUT2D eigenvalue weighted by Gasteiger charge is 2.70. The van der Waals surface area contributed by atoms with Crippen molar-refractivity contribution in [1.29, 1.82) is 0 Å². The van der Waals surface area contributed by atoms with Gasteiger partial charge < -0.3 is 79.5 Å². The summed E-state index contributed by atoms with van der Waals surface area (Å²) in [5.41, 5.74) is -2.86. The molecule has 18 heteroatoms. The van der Waals surface area contributed by atoms with Gasteiger partial charge in [-0.1, -0.05) is 60.1 Å². The molecule has 0 spiro atoms. The van der Waals surface area contributed by atoms with Crippen LogP contribution in [0.1, 0.15) is 113 Å². The van der Waals surface area contributed by atoms with E-state index < -0.39 is 128 Å². The van der Waals surface area contributed by atoms with Crippen LogP contribution >= 0.6 is 0 Å². The Hall–Kier alpha value is -1.88. The normalized spacial score (nSPS) is 52.5. The highest BCUT2D eigenvalue weighted by atomic mass is 16.7. The summed E-state index contributed by atoms with van der Waals surface area (Å²) in [5, 5.41) is 105. The summed E-state index contributed by atoms with van der Waals surface area (Å²) < 4.78 is 34.9. The number of esters is 1. The molecule has 0 unspecified atom stereocenters. The minimum Gasteiger partial charge on any atom is -0.479 e. The topological polar surface area (TPSA) is 292 Å². The fourth-order valence-corrected chi connectivity index (χ4v) is 14.7. The van der Waals surface area contributed by atoms with Crippen molar-refractivity contribution in [3.63, 3.8) is 0 Å². The lowest BCUT2D eigenvalue weighted by molar-refractivity contribution is -0.341. The summed E-state index contributed by atoms with van der Waals surface area (Å²) in [6.07, 6.45) is -10.6. The molecule has 0 aromatic carbocycles. The minimum atomic E-state index is -2.06. The van der Waals surface area contributed by atoms with E-state index in [1.54, 1.807) is 0 Å². The quantitative estimate of drug-likeness (QED) is 0.0872. The van der Waals surface area contributed by atoms with Gasteiger partial charge in [-0.25, -0.2) is 4.79 Å². The number of ether oxygens (including phenoxy) is 6. The lowest BCUT2D eigenvalue weighted by atomic mass is 9.33.